The Kier molecular flexibility index (Phi) is 4.22. The van der Waals surface area contributed by atoms with Crippen LogP contribution in [-0.2, 0) is 0 Å². The maximum atomic E-state index is 9.23. The molecular formula is C19H19N3. The van der Waals surface area contributed by atoms with Gasteiger partial charge in [-0.15, -0.1) is 0 Å². The van der Waals surface area contributed by atoms with Crippen LogP contribution in [0, 0.1) is 11.3 Å². The summed E-state index contributed by atoms with van der Waals surface area (Å²) in [5.74, 6) is 0.333. The molecule has 0 aliphatic heterocycles. The average Bonchev–Trinajstić information content (AvgIpc) is 2.98. The zero-order valence-electron chi connectivity index (χ0n) is 12.6. The number of H-pyrrole nitrogens is 1. The lowest BCUT2D eigenvalue weighted by Crippen LogP contribution is -2.13. The summed E-state index contributed by atoms with van der Waals surface area (Å²) in [5.41, 5.74) is 4.29. The van der Waals surface area contributed by atoms with E-state index in [0.29, 0.717) is 11.5 Å². The zero-order valence-corrected chi connectivity index (χ0v) is 12.6. The minimum Gasteiger partial charge on any atom is -0.360 e. The quantitative estimate of drug-likeness (QED) is 0.751. The van der Waals surface area contributed by atoms with Crippen molar-refractivity contribution in [2.45, 2.75) is 12.3 Å². The third-order valence-electron chi connectivity index (χ3n) is 4.11. The van der Waals surface area contributed by atoms with Gasteiger partial charge in [-0.2, -0.15) is 5.26 Å². The highest BCUT2D eigenvalue weighted by Crippen LogP contribution is 2.30. The molecule has 3 aromatic rings. The van der Waals surface area contributed by atoms with Gasteiger partial charge in [-0.1, -0.05) is 36.4 Å². The molecule has 0 saturated carbocycles. The first-order valence-electron chi connectivity index (χ1n) is 7.54. The molecule has 0 spiro atoms. The Bertz CT molecular complexity index is 796. The molecule has 0 amide bonds. The highest BCUT2D eigenvalue weighted by molar-refractivity contribution is 5.86. The number of hydrogen-bond donors (Lipinski definition) is 2. The number of fused-ring (bicyclic) bond motifs is 1. The second-order valence-corrected chi connectivity index (χ2v) is 5.47. The molecule has 0 fully saturated rings. The SMILES string of the molecule is CNCCC(c1ccccc1)c1ccc2[nH]cc(C#N)c2c1. The smallest absolute Gasteiger partial charge is 0.101 e. The second-order valence-electron chi connectivity index (χ2n) is 5.47. The van der Waals surface area contributed by atoms with Crippen LogP contribution in [0.5, 0.6) is 0 Å². The van der Waals surface area contributed by atoms with Crippen molar-refractivity contribution < 1.29 is 0 Å². The van der Waals surface area contributed by atoms with E-state index in [4.69, 9.17) is 0 Å². The van der Waals surface area contributed by atoms with E-state index in [-0.39, 0.29) is 0 Å². The molecule has 1 heterocycles. The van der Waals surface area contributed by atoms with Gasteiger partial charge >= 0.3 is 0 Å². The molecule has 3 nitrogen and oxygen atoms in total. The van der Waals surface area contributed by atoms with Crippen molar-refractivity contribution in [3.8, 4) is 6.07 Å². The minimum atomic E-state index is 0.333. The van der Waals surface area contributed by atoms with Gasteiger partial charge in [-0.3, -0.25) is 0 Å². The Balaban J connectivity index is 2.05. The first-order valence-corrected chi connectivity index (χ1v) is 7.54. The molecule has 0 bridgehead atoms. The maximum absolute atomic E-state index is 9.23. The van der Waals surface area contributed by atoms with Crippen LogP contribution < -0.4 is 5.32 Å². The number of nitriles is 1. The molecule has 0 aliphatic carbocycles. The summed E-state index contributed by atoms with van der Waals surface area (Å²) in [6.07, 6.45) is 2.80. The Hall–Kier alpha value is -2.57. The maximum Gasteiger partial charge on any atom is 0.101 e. The van der Waals surface area contributed by atoms with Crippen molar-refractivity contribution in [1.29, 1.82) is 5.26 Å². The van der Waals surface area contributed by atoms with E-state index < -0.39 is 0 Å². The van der Waals surface area contributed by atoms with E-state index in [1.165, 1.54) is 11.1 Å². The van der Waals surface area contributed by atoms with Gasteiger partial charge in [0.25, 0.3) is 0 Å². The van der Waals surface area contributed by atoms with Gasteiger partial charge in [-0.05, 0) is 43.3 Å². The first-order chi connectivity index (χ1) is 10.8. The van der Waals surface area contributed by atoms with Gasteiger partial charge in [0.1, 0.15) is 6.07 Å². The number of hydrogen-bond acceptors (Lipinski definition) is 2. The highest BCUT2D eigenvalue weighted by atomic mass is 14.8. The number of nitrogens with zero attached hydrogens (tertiary/aromatic N) is 1. The van der Waals surface area contributed by atoms with Crippen LogP contribution in [0.1, 0.15) is 29.0 Å². The number of benzene rings is 2. The fourth-order valence-corrected chi connectivity index (χ4v) is 2.95. The Morgan fingerprint density at radius 1 is 1.14 bits per heavy atom. The first kappa shape index (κ1) is 14.4. The molecule has 0 aliphatic rings. The summed E-state index contributed by atoms with van der Waals surface area (Å²) in [5, 5.41) is 13.5. The summed E-state index contributed by atoms with van der Waals surface area (Å²) >= 11 is 0. The fraction of sp³-hybridized carbons (Fsp3) is 0.211. The van der Waals surface area contributed by atoms with Crippen LogP contribution in [-0.4, -0.2) is 18.6 Å². The van der Waals surface area contributed by atoms with Crippen molar-refractivity contribution in [3.05, 3.63) is 71.4 Å². The van der Waals surface area contributed by atoms with Crippen molar-refractivity contribution in [2.75, 3.05) is 13.6 Å². The second kappa shape index (κ2) is 6.46. The van der Waals surface area contributed by atoms with Crippen LogP contribution in [0.15, 0.2) is 54.7 Å². The average molecular weight is 289 g/mol. The number of aromatic nitrogens is 1. The van der Waals surface area contributed by atoms with Crippen LogP contribution in [0.4, 0.5) is 0 Å². The standard InChI is InChI=1S/C19H19N3/c1-21-10-9-17(14-5-3-2-4-6-14)15-7-8-19-18(11-15)16(12-20)13-22-19/h2-8,11,13,17,21-22H,9-10H2,1H3. The van der Waals surface area contributed by atoms with Gasteiger partial charge in [-0.25, -0.2) is 0 Å². The summed E-state index contributed by atoms with van der Waals surface area (Å²) in [6.45, 7) is 0.954. The monoisotopic (exact) mass is 289 g/mol. The molecule has 2 N–H and O–H groups in total. The third-order valence-corrected chi connectivity index (χ3v) is 4.11. The Morgan fingerprint density at radius 3 is 2.68 bits per heavy atom. The molecule has 3 heteroatoms. The molecule has 1 aromatic heterocycles. The van der Waals surface area contributed by atoms with E-state index in [1.54, 1.807) is 6.20 Å². The fourth-order valence-electron chi connectivity index (χ4n) is 2.95. The molecule has 1 unspecified atom stereocenters. The lowest BCUT2D eigenvalue weighted by molar-refractivity contribution is 0.662. The molecule has 1 atom stereocenters. The lowest BCUT2D eigenvalue weighted by Gasteiger charge is -2.18. The van der Waals surface area contributed by atoms with Gasteiger partial charge < -0.3 is 10.3 Å². The molecule has 110 valence electrons. The molecule has 22 heavy (non-hydrogen) atoms. The van der Waals surface area contributed by atoms with E-state index in [9.17, 15) is 5.26 Å². The predicted octanol–water partition coefficient (Wildman–Crippen LogP) is 3.78. The van der Waals surface area contributed by atoms with E-state index in [0.717, 1.165) is 23.9 Å². The van der Waals surface area contributed by atoms with Gasteiger partial charge in [0.05, 0.1) is 5.56 Å². The summed E-state index contributed by atoms with van der Waals surface area (Å²) in [6, 6.07) is 19.2. The van der Waals surface area contributed by atoms with Gasteiger partial charge in [0.15, 0.2) is 0 Å². The Labute approximate surface area is 130 Å². The molecule has 0 radical (unpaired) electrons. The van der Waals surface area contributed by atoms with Crippen molar-refractivity contribution in [1.82, 2.24) is 10.3 Å². The third kappa shape index (κ3) is 2.74. The topological polar surface area (TPSA) is 51.6 Å². The molecule has 3 rings (SSSR count). The Morgan fingerprint density at radius 2 is 1.95 bits per heavy atom. The number of aromatic amines is 1. The normalized spacial score (nSPS) is 12.2. The lowest BCUT2D eigenvalue weighted by atomic mass is 9.88. The van der Waals surface area contributed by atoms with Crippen molar-refractivity contribution >= 4 is 10.9 Å². The molecule has 0 saturated heterocycles. The van der Waals surface area contributed by atoms with Crippen LogP contribution in [0.3, 0.4) is 0 Å². The largest absolute Gasteiger partial charge is 0.360 e. The van der Waals surface area contributed by atoms with Gasteiger partial charge in [0, 0.05) is 23.0 Å². The summed E-state index contributed by atoms with van der Waals surface area (Å²) in [7, 11) is 1.98. The van der Waals surface area contributed by atoms with E-state index in [1.807, 2.05) is 13.1 Å². The van der Waals surface area contributed by atoms with E-state index >= 15 is 0 Å². The van der Waals surface area contributed by atoms with Crippen LogP contribution in [0.25, 0.3) is 10.9 Å². The number of nitrogens with one attached hydrogen (secondary N) is 2. The molecule has 2 aromatic carbocycles. The molecular weight excluding hydrogens is 270 g/mol. The zero-order chi connectivity index (χ0) is 15.4. The van der Waals surface area contributed by atoms with Crippen molar-refractivity contribution in [3.63, 3.8) is 0 Å². The van der Waals surface area contributed by atoms with Crippen molar-refractivity contribution in [2.24, 2.45) is 0 Å². The van der Waals surface area contributed by atoms with Crippen LogP contribution >= 0.6 is 0 Å². The van der Waals surface area contributed by atoms with E-state index in [2.05, 4.69) is 58.8 Å². The van der Waals surface area contributed by atoms with Crippen LogP contribution in [0.2, 0.25) is 0 Å². The summed E-state index contributed by atoms with van der Waals surface area (Å²) < 4.78 is 0. The van der Waals surface area contributed by atoms with Gasteiger partial charge in [0.2, 0.25) is 0 Å². The summed E-state index contributed by atoms with van der Waals surface area (Å²) in [4.78, 5) is 3.15. The predicted molar refractivity (Wildman–Crippen MR) is 89.8 cm³/mol. The number of rotatable bonds is 5. The highest BCUT2D eigenvalue weighted by Gasteiger charge is 2.15. The minimum absolute atomic E-state index is 0.333.